The second-order valence-electron chi connectivity index (χ2n) is 8.69. The average molecular weight is 530 g/mol. The van der Waals surface area contributed by atoms with Gasteiger partial charge < -0.3 is 9.88 Å². The molecule has 0 aliphatic carbocycles. The lowest BCUT2D eigenvalue weighted by atomic mass is 10.1. The van der Waals surface area contributed by atoms with Crippen molar-refractivity contribution in [2.24, 2.45) is 0 Å². The van der Waals surface area contributed by atoms with Crippen LogP contribution in [0.4, 0.5) is 11.4 Å². The number of hydrogen-bond donors (Lipinski definition) is 2. The number of nitrogens with zero attached hydrogens (tertiary/aromatic N) is 1. The maximum Gasteiger partial charge on any atom is 0.261 e. The smallest absolute Gasteiger partial charge is 0.261 e. The van der Waals surface area contributed by atoms with Gasteiger partial charge in [0.2, 0.25) is 5.91 Å². The van der Waals surface area contributed by atoms with Crippen LogP contribution >= 0.6 is 11.8 Å². The van der Waals surface area contributed by atoms with E-state index in [-0.39, 0.29) is 16.1 Å². The molecule has 5 rings (SSSR count). The SMILES string of the molecule is CCn1c2ccccc2c2cc(NC(=O)C(C)Sc3ccc(NS(=O)(=O)c4ccccc4)cc3)ccc21. The molecular weight excluding hydrogens is 502 g/mol. The zero-order valence-electron chi connectivity index (χ0n) is 20.5. The van der Waals surface area contributed by atoms with E-state index >= 15 is 0 Å². The van der Waals surface area contributed by atoms with Crippen LogP contribution in [0.3, 0.4) is 0 Å². The van der Waals surface area contributed by atoms with Gasteiger partial charge >= 0.3 is 0 Å². The minimum absolute atomic E-state index is 0.0996. The van der Waals surface area contributed by atoms with Crippen molar-refractivity contribution in [3.8, 4) is 0 Å². The van der Waals surface area contributed by atoms with E-state index in [2.05, 4.69) is 39.7 Å². The first-order valence-electron chi connectivity index (χ1n) is 12.0. The molecule has 188 valence electrons. The van der Waals surface area contributed by atoms with E-state index in [1.54, 1.807) is 42.5 Å². The van der Waals surface area contributed by atoms with Crippen LogP contribution in [0.25, 0.3) is 21.8 Å². The van der Waals surface area contributed by atoms with Crippen molar-refractivity contribution < 1.29 is 13.2 Å². The highest BCUT2D eigenvalue weighted by atomic mass is 32.2. The molecule has 0 bridgehead atoms. The van der Waals surface area contributed by atoms with Crippen LogP contribution < -0.4 is 10.0 Å². The second kappa shape index (κ2) is 10.3. The van der Waals surface area contributed by atoms with Crippen molar-refractivity contribution >= 4 is 60.9 Å². The molecule has 1 atom stereocenters. The lowest BCUT2D eigenvalue weighted by Crippen LogP contribution is -2.22. The Labute approximate surface area is 220 Å². The fraction of sp³-hybridized carbons (Fsp3) is 0.138. The number of carbonyl (C=O) groups is 1. The molecule has 1 amide bonds. The van der Waals surface area contributed by atoms with Crippen molar-refractivity contribution in [1.29, 1.82) is 0 Å². The van der Waals surface area contributed by atoms with E-state index < -0.39 is 10.0 Å². The first-order valence-corrected chi connectivity index (χ1v) is 14.4. The Kier molecular flexibility index (Phi) is 6.95. The standard InChI is InChI=1S/C29H27N3O3S2/c1-3-32-27-12-8-7-11-25(27)26-19-22(15-18-28(26)32)30-29(33)20(2)36-23-16-13-21(14-17-23)31-37(34,35)24-9-5-4-6-10-24/h4-20,31H,3H2,1-2H3,(H,30,33). The highest BCUT2D eigenvalue weighted by Gasteiger charge is 2.17. The maximum atomic E-state index is 13.0. The summed E-state index contributed by atoms with van der Waals surface area (Å²) < 4.78 is 29.9. The Morgan fingerprint density at radius 1 is 0.838 bits per heavy atom. The van der Waals surface area contributed by atoms with Gasteiger partial charge in [0.05, 0.1) is 10.1 Å². The van der Waals surface area contributed by atoms with E-state index in [4.69, 9.17) is 0 Å². The molecule has 0 saturated heterocycles. The van der Waals surface area contributed by atoms with Gasteiger partial charge in [-0.15, -0.1) is 11.8 Å². The molecule has 8 heteroatoms. The molecule has 0 aliphatic rings. The summed E-state index contributed by atoms with van der Waals surface area (Å²) in [5, 5.41) is 4.98. The van der Waals surface area contributed by atoms with Gasteiger partial charge in [0.25, 0.3) is 10.0 Å². The summed E-state index contributed by atoms with van der Waals surface area (Å²) in [6, 6.07) is 29.6. The molecule has 6 nitrogen and oxygen atoms in total. The monoisotopic (exact) mass is 529 g/mol. The highest BCUT2D eigenvalue weighted by molar-refractivity contribution is 8.00. The molecule has 0 spiro atoms. The number of anilines is 2. The summed E-state index contributed by atoms with van der Waals surface area (Å²) in [4.78, 5) is 14.0. The minimum atomic E-state index is -3.65. The van der Waals surface area contributed by atoms with E-state index in [1.165, 1.54) is 22.7 Å². The van der Waals surface area contributed by atoms with Gasteiger partial charge in [-0.2, -0.15) is 0 Å². The van der Waals surface area contributed by atoms with E-state index in [0.717, 1.165) is 28.0 Å². The normalized spacial score (nSPS) is 12.5. The summed E-state index contributed by atoms with van der Waals surface area (Å²) in [5.74, 6) is -0.0996. The van der Waals surface area contributed by atoms with Crippen molar-refractivity contribution in [3.05, 3.63) is 97.1 Å². The number of thioether (sulfide) groups is 1. The summed E-state index contributed by atoms with van der Waals surface area (Å²) in [7, 11) is -3.65. The van der Waals surface area contributed by atoms with Gasteiger partial charge in [-0.05, 0) is 74.5 Å². The Bertz CT molecular complexity index is 1680. The van der Waals surface area contributed by atoms with Crippen LogP contribution in [0.5, 0.6) is 0 Å². The molecule has 0 radical (unpaired) electrons. The molecule has 37 heavy (non-hydrogen) atoms. The third-order valence-electron chi connectivity index (χ3n) is 6.20. The minimum Gasteiger partial charge on any atom is -0.341 e. The van der Waals surface area contributed by atoms with E-state index in [9.17, 15) is 13.2 Å². The van der Waals surface area contributed by atoms with Crippen LogP contribution in [0, 0.1) is 0 Å². The van der Waals surface area contributed by atoms with Crippen molar-refractivity contribution in [1.82, 2.24) is 4.57 Å². The number of aryl methyl sites for hydroxylation is 1. The van der Waals surface area contributed by atoms with E-state index in [1.807, 2.05) is 43.3 Å². The molecular formula is C29H27N3O3S2. The Morgan fingerprint density at radius 2 is 1.49 bits per heavy atom. The zero-order chi connectivity index (χ0) is 26.0. The molecule has 1 unspecified atom stereocenters. The lowest BCUT2D eigenvalue weighted by molar-refractivity contribution is -0.115. The number of para-hydroxylation sites is 1. The molecule has 1 aromatic heterocycles. The number of rotatable bonds is 8. The fourth-order valence-electron chi connectivity index (χ4n) is 4.39. The summed E-state index contributed by atoms with van der Waals surface area (Å²) in [6.45, 7) is 4.86. The van der Waals surface area contributed by atoms with Crippen LogP contribution in [0.15, 0.2) is 107 Å². The number of hydrogen-bond acceptors (Lipinski definition) is 4. The van der Waals surface area contributed by atoms with Crippen LogP contribution in [0.2, 0.25) is 0 Å². The summed E-state index contributed by atoms with van der Waals surface area (Å²) in [5.41, 5.74) is 3.55. The molecule has 1 heterocycles. The van der Waals surface area contributed by atoms with Gasteiger partial charge in [-0.3, -0.25) is 9.52 Å². The number of sulfonamides is 1. The number of amides is 1. The van der Waals surface area contributed by atoms with Crippen LogP contribution in [-0.2, 0) is 21.4 Å². The molecule has 2 N–H and O–H groups in total. The average Bonchev–Trinajstić information content (AvgIpc) is 3.23. The number of aromatic nitrogens is 1. The Morgan fingerprint density at radius 3 is 2.22 bits per heavy atom. The first-order chi connectivity index (χ1) is 17.9. The molecule has 4 aromatic carbocycles. The van der Waals surface area contributed by atoms with Crippen molar-refractivity contribution in [2.45, 2.75) is 35.4 Å². The quantitative estimate of drug-likeness (QED) is 0.218. The topological polar surface area (TPSA) is 80.2 Å². The largest absolute Gasteiger partial charge is 0.341 e. The number of nitrogens with one attached hydrogen (secondary N) is 2. The first kappa shape index (κ1) is 24.9. The lowest BCUT2D eigenvalue weighted by Gasteiger charge is -2.13. The van der Waals surface area contributed by atoms with Crippen LogP contribution in [0.1, 0.15) is 13.8 Å². The van der Waals surface area contributed by atoms with Gasteiger partial charge in [0.1, 0.15) is 0 Å². The Balaban J connectivity index is 1.26. The third-order valence-corrected chi connectivity index (χ3v) is 8.71. The molecule has 5 aromatic rings. The van der Waals surface area contributed by atoms with Crippen molar-refractivity contribution in [3.63, 3.8) is 0 Å². The summed E-state index contributed by atoms with van der Waals surface area (Å²) in [6.07, 6.45) is 0. The van der Waals surface area contributed by atoms with Gasteiger partial charge in [0, 0.05) is 44.6 Å². The maximum absolute atomic E-state index is 13.0. The zero-order valence-corrected chi connectivity index (χ0v) is 22.1. The second-order valence-corrected chi connectivity index (χ2v) is 11.8. The predicted molar refractivity (Wildman–Crippen MR) is 153 cm³/mol. The van der Waals surface area contributed by atoms with E-state index in [0.29, 0.717) is 5.69 Å². The third kappa shape index (κ3) is 5.21. The Hall–Kier alpha value is -3.75. The molecule has 0 saturated carbocycles. The number of carbonyl (C=O) groups excluding carboxylic acids is 1. The number of fused-ring (bicyclic) bond motifs is 3. The highest BCUT2D eigenvalue weighted by Crippen LogP contribution is 2.32. The number of benzene rings is 4. The summed E-state index contributed by atoms with van der Waals surface area (Å²) >= 11 is 1.41. The van der Waals surface area contributed by atoms with Gasteiger partial charge in [-0.1, -0.05) is 36.4 Å². The van der Waals surface area contributed by atoms with Crippen LogP contribution in [-0.4, -0.2) is 24.1 Å². The van der Waals surface area contributed by atoms with Gasteiger partial charge in [0.15, 0.2) is 0 Å². The molecule has 0 fully saturated rings. The molecule has 0 aliphatic heterocycles. The predicted octanol–water partition coefficient (Wildman–Crippen LogP) is 6.73. The van der Waals surface area contributed by atoms with Gasteiger partial charge in [-0.25, -0.2) is 8.42 Å². The fourth-order valence-corrected chi connectivity index (χ4v) is 6.34. The van der Waals surface area contributed by atoms with Crippen molar-refractivity contribution in [2.75, 3.05) is 10.0 Å².